The van der Waals surface area contributed by atoms with E-state index >= 15 is 0 Å². The van der Waals surface area contributed by atoms with Crippen molar-refractivity contribution in [3.63, 3.8) is 0 Å². The van der Waals surface area contributed by atoms with Gasteiger partial charge in [-0.15, -0.1) is 11.3 Å². The number of benzene rings is 1. The first kappa shape index (κ1) is 14.1. The van der Waals surface area contributed by atoms with Crippen LogP contribution < -0.4 is 10.6 Å². The van der Waals surface area contributed by atoms with Crippen molar-refractivity contribution in [2.75, 3.05) is 11.9 Å². The highest BCUT2D eigenvalue weighted by molar-refractivity contribution is 7.10. The molecule has 0 saturated carbocycles. The van der Waals surface area contributed by atoms with E-state index in [1.54, 1.807) is 11.3 Å². The van der Waals surface area contributed by atoms with Crippen LogP contribution in [0.2, 0.25) is 0 Å². The standard InChI is InChI=1S/C17H20N2OS/c1-2-6-15(16-9-5-10-21-16)19-17(20)13-11-18-14-8-4-3-7-12(13)14/h3-5,7-10,13,15,18H,2,6,11H2,1H3,(H,19,20). The van der Waals surface area contributed by atoms with Gasteiger partial charge in [-0.25, -0.2) is 0 Å². The van der Waals surface area contributed by atoms with Gasteiger partial charge in [0.15, 0.2) is 0 Å². The highest BCUT2D eigenvalue weighted by atomic mass is 32.1. The van der Waals surface area contributed by atoms with Crippen molar-refractivity contribution in [3.05, 3.63) is 52.2 Å². The summed E-state index contributed by atoms with van der Waals surface area (Å²) in [6, 6.07) is 12.3. The molecule has 3 rings (SSSR count). The lowest BCUT2D eigenvalue weighted by Crippen LogP contribution is -2.33. The van der Waals surface area contributed by atoms with Crippen molar-refractivity contribution in [2.45, 2.75) is 31.7 Å². The number of para-hydroxylation sites is 1. The van der Waals surface area contributed by atoms with E-state index in [-0.39, 0.29) is 17.9 Å². The summed E-state index contributed by atoms with van der Waals surface area (Å²) >= 11 is 1.71. The highest BCUT2D eigenvalue weighted by Crippen LogP contribution is 2.32. The number of anilines is 1. The first-order valence-corrected chi connectivity index (χ1v) is 8.34. The van der Waals surface area contributed by atoms with E-state index in [0.717, 1.165) is 24.1 Å². The Kier molecular flexibility index (Phi) is 4.25. The van der Waals surface area contributed by atoms with Gasteiger partial charge in [0.2, 0.25) is 5.91 Å². The Bertz CT molecular complexity index is 609. The molecule has 1 aromatic carbocycles. The maximum atomic E-state index is 12.6. The molecule has 2 aromatic rings. The molecule has 3 nitrogen and oxygen atoms in total. The Balaban J connectivity index is 1.74. The topological polar surface area (TPSA) is 41.1 Å². The second-order valence-corrected chi connectivity index (χ2v) is 6.37. The number of fused-ring (bicyclic) bond motifs is 1. The third-order valence-electron chi connectivity index (χ3n) is 3.93. The molecule has 0 saturated heterocycles. The van der Waals surface area contributed by atoms with Gasteiger partial charge >= 0.3 is 0 Å². The maximum absolute atomic E-state index is 12.6. The molecule has 1 aromatic heterocycles. The van der Waals surface area contributed by atoms with Gasteiger partial charge in [0.05, 0.1) is 12.0 Å². The molecule has 4 heteroatoms. The van der Waals surface area contributed by atoms with E-state index in [1.165, 1.54) is 4.88 Å². The van der Waals surface area contributed by atoms with E-state index < -0.39 is 0 Å². The van der Waals surface area contributed by atoms with E-state index in [9.17, 15) is 4.79 Å². The maximum Gasteiger partial charge on any atom is 0.229 e. The predicted octanol–water partition coefficient (Wildman–Crippen LogP) is 3.91. The molecule has 2 unspecified atom stereocenters. The van der Waals surface area contributed by atoms with Crippen molar-refractivity contribution in [1.29, 1.82) is 0 Å². The van der Waals surface area contributed by atoms with E-state index in [4.69, 9.17) is 0 Å². The van der Waals surface area contributed by atoms with E-state index in [0.29, 0.717) is 6.54 Å². The van der Waals surface area contributed by atoms with Crippen LogP contribution in [0.25, 0.3) is 0 Å². The summed E-state index contributed by atoms with van der Waals surface area (Å²) in [6.45, 7) is 2.84. The van der Waals surface area contributed by atoms with Gasteiger partial charge in [-0.05, 0) is 29.5 Å². The van der Waals surface area contributed by atoms with Crippen LogP contribution in [0.5, 0.6) is 0 Å². The predicted molar refractivity (Wildman–Crippen MR) is 87.8 cm³/mol. The molecular formula is C17H20N2OS. The van der Waals surface area contributed by atoms with Gasteiger partial charge in [-0.2, -0.15) is 0 Å². The number of carbonyl (C=O) groups excluding carboxylic acids is 1. The quantitative estimate of drug-likeness (QED) is 0.879. The number of carbonyl (C=O) groups is 1. The Hall–Kier alpha value is -1.81. The van der Waals surface area contributed by atoms with Crippen molar-refractivity contribution in [2.24, 2.45) is 0 Å². The molecule has 0 fully saturated rings. The number of thiophene rings is 1. The van der Waals surface area contributed by atoms with Crippen LogP contribution in [0.3, 0.4) is 0 Å². The summed E-state index contributed by atoms with van der Waals surface area (Å²) in [5.74, 6) is 0.0415. The van der Waals surface area contributed by atoms with Crippen molar-refractivity contribution >= 4 is 22.9 Å². The molecule has 0 aliphatic carbocycles. The third kappa shape index (κ3) is 2.95. The fourth-order valence-electron chi connectivity index (χ4n) is 2.85. The molecule has 1 aliphatic rings. The monoisotopic (exact) mass is 300 g/mol. The molecular weight excluding hydrogens is 280 g/mol. The smallest absolute Gasteiger partial charge is 0.229 e. The van der Waals surface area contributed by atoms with Crippen molar-refractivity contribution in [1.82, 2.24) is 5.32 Å². The summed E-state index contributed by atoms with van der Waals surface area (Å²) in [5, 5.41) is 8.61. The van der Waals surface area contributed by atoms with Crippen LogP contribution in [0.15, 0.2) is 41.8 Å². The fraction of sp³-hybridized carbons (Fsp3) is 0.353. The lowest BCUT2D eigenvalue weighted by Gasteiger charge is -2.19. The normalized spacial score (nSPS) is 17.9. The van der Waals surface area contributed by atoms with Crippen LogP contribution in [-0.2, 0) is 4.79 Å². The summed E-state index contributed by atoms with van der Waals surface area (Å²) < 4.78 is 0. The Labute approximate surface area is 129 Å². The zero-order valence-corrected chi connectivity index (χ0v) is 13.0. The molecule has 1 aliphatic heterocycles. The summed E-state index contributed by atoms with van der Waals surface area (Å²) in [7, 11) is 0. The van der Waals surface area contributed by atoms with Gasteiger partial charge in [0.25, 0.3) is 0 Å². The Morgan fingerprint density at radius 3 is 3.00 bits per heavy atom. The lowest BCUT2D eigenvalue weighted by atomic mass is 9.99. The minimum atomic E-state index is -0.0829. The zero-order valence-electron chi connectivity index (χ0n) is 12.1. The molecule has 110 valence electrons. The Morgan fingerprint density at radius 2 is 2.24 bits per heavy atom. The first-order valence-electron chi connectivity index (χ1n) is 7.46. The van der Waals surface area contributed by atoms with E-state index in [1.807, 2.05) is 30.3 Å². The second kappa shape index (κ2) is 6.31. The van der Waals surface area contributed by atoms with Crippen LogP contribution in [0.4, 0.5) is 5.69 Å². The summed E-state index contributed by atoms with van der Waals surface area (Å²) in [4.78, 5) is 13.9. The largest absolute Gasteiger partial charge is 0.384 e. The average molecular weight is 300 g/mol. The van der Waals surface area contributed by atoms with Crippen LogP contribution in [-0.4, -0.2) is 12.5 Å². The molecule has 1 amide bonds. The van der Waals surface area contributed by atoms with Crippen molar-refractivity contribution in [3.8, 4) is 0 Å². The van der Waals surface area contributed by atoms with Gasteiger partial charge in [-0.1, -0.05) is 37.6 Å². The first-order chi connectivity index (χ1) is 10.3. The summed E-state index contributed by atoms with van der Waals surface area (Å²) in [5.41, 5.74) is 2.19. The second-order valence-electron chi connectivity index (χ2n) is 5.39. The molecule has 0 spiro atoms. The minimum absolute atomic E-state index is 0.0829. The lowest BCUT2D eigenvalue weighted by molar-refractivity contribution is -0.123. The highest BCUT2D eigenvalue weighted by Gasteiger charge is 2.29. The third-order valence-corrected chi connectivity index (χ3v) is 4.92. The van der Waals surface area contributed by atoms with Crippen molar-refractivity contribution < 1.29 is 4.79 Å². The number of hydrogen-bond acceptors (Lipinski definition) is 3. The molecule has 0 bridgehead atoms. The van der Waals surface area contributed by atoms with Gasteiger partial charge < -0.3 is 10.6 Å². The molecule has 21 heavy (non-hydrogen) atoms. The van der Waals surface area contributed by atoms with Crippen LogP contribution >= 0.6 is 11.3 Å². The molecule has 2 heterocycles. The van der Waals surface area contributed by atoms with E-state index in [2.05, 4.69) is 29.0 Å². The van der Waals surface area contributed by atoms with Gasteiger partial charge in [-0.3, -0.25) is 4.79 Å². The van der Waals surface area contributed by atoms with Gasteiger partial charge in [0.1, 0.15) is 0 Å². The Morgan fingerprint density at radius 1 is 1.38 bits per heavy atom. The van der Waals surface area contributed by atoms with Gasteiger partial charge in [0, 0.05) is 17.1 Å². The number of rotatable bonds is 5. The summed E-state index contributed by atoms with van der Waals surface area (Å²) in [6.07, 6.45) is 2.04. The molecule has 2 N–H and O–H groups in total. The fourth-order valence-corrected chi connectivity index (χ4v) is 3.67. The number of nitrogens with one attached hydrogen (secondary N) is 2. The molecule has 0 radical (unpaired) electrons. The zero-order chi connectivity index (χ0) is 14.7. The van der Waals surface area contributed by atoms with Crippen LogP contribution in [0.1, 0.15) is 42.2 Å². The molecule has 2 atom stereocenters. The SMILES string of the molecule is CCCC(NC(=O)C1CNc2ccccc21)c1cccs1. The van der Waals surface area contributed by atoms with Crippen LogP contribution in [0, 0.1) is 0 Å². The average Bonchev–Trinajstić information content (AvgIpc) is 3.16. The number of amides is 1. The number of hydrogen-bond donors (Lipinski definition) is 2. The minimum Gasteiger partial charge on any atom is -0.384 e.